The Morgan fingerprint density at radius 2 is 1.33 bits per heavy atom. The molecule has 1 rings (SSSR count). The Morgan fingerprint density at radius 3 is 1.81 bits per heavy atom. The van der Waals surface area contributed by atoms with Crippen molar-refractivity contribution in [1.82, 2.24) is 4.72 Å². The van der Waals surface area contributed by atoms with Crippen LogP contribution in [0.4, 0.5) is 0 Å². The van der Waals surface area contributed by atoms with Crippen molar-refractivity contribution in [1.29, 1.82) is 0 Å². The summed E-state index contributed by atoms with van der Waals surface area (Å²) >= 11 is 0. The maximum absolute atomic E-state index is 13.2. The Balaban J connectivity index is 2.80. The lowest BCUT2D eigenvalue weighted by Crippen LogP contribution is -2.55. The van der Waals surface area contributed by atoms with Gasteiger partial charge < -0.3 is 14.3 Å². The standard InChI is InChI=1S/C35H67NO4SSi/c1-10-11-12-13-14-15-16-17-18-19-20-24-27-32(40-42(8,9)35(5,6)7)33(37)31(36-41(38)34(2,3)4)29-39-28-30-25-22-21-23-26-30/h21-23,25-26,31-33,36-37H,10-20,24,27-29H2,1-9H3/t31-,32+,33-,41?/m0/s1. The van der Waals surface area contributed by atoms with E-state index in [-0.39, 0.29) is 17.7 Å². The van der Waals surface area contributed by atoms with E-state index in [0.29, 0.717) is 6.61 Å². The quantitative estimate of drug-likeness (QED) is 0.0939. The fraction of sp³-hybridized carbons (Fsp3) is 0.829. The van der Waals surface area contributed by atoms with Gasteiger partial charge in [0.05, 0.1) is 47.2 Å². The van der Waals surface area contributed by atoms with Crippen LogP contribution in [-0.2, 0) is 26.8 Å². The highest BCUT2D eigenvalue weighted by molar-refractivity contribution is 7.84. The van der Waals surface area contributed by atoms with Crippen LogP contribution in [0, 0.1) is 0 Å². The number of hydrogen-bond acceptors (Lipinski definition) is 4. The molecule has 0 bridgehead atoms. The average Bonchev–Trinajstić information content (AvgIpc) is 2.91. The second-order valence-corrected chi connectivity index (χ2v) is 21.4. The van der Waals surface area contributed by atoms with Gasteiger partial charge in [-0.15, -0.1) is 0 Å². The summed E-state index contributed by atoms with van der Waals surface area (Å²) in [6.45, 7) is 20.0. The maximum Gasteiger partial charge on any atom is 0.192 e. The third kappa shape index (κ3) is 16.5. The third-order valence-electron chi connectivity index (χ3n) is 8.61. The van der Waals surface area contributed by atoms with Crippen molar-refractivity contribution < 1.29 is 18.5 Å². The highest BCUT2D eigenvalue weighted by atomic mass is 32.2. The SMILES string of the molecule is CCCCCCCCCCCCCC[C@@H](O[Si](C)(C)C(C)(C)C)[C@@H](O)[C@H](COCc1ccccc1)NS(=O)C(C)(C)C. The van der Waals surface area contributed by atoms with Gasteiger partial charge in [-0.1, -0.05) is 135 Å². The van der Waals surface area contributed by atoms with Crippen molar-refractivity contribution in [3.8, 4) is 0 Å². The lowest BCUT2D eigenvalue weighted by atomic mass is 10.00. The normalized spacial score (nSPS) is 15.9. The van der Waals surface area contributed by atoms with Crippen molar-refractivity contribution in [3.63, 3.8) is 0 Å². The minimum absolute atomic E-state index is 0.0302. The summed E-state index contributed by atoms with van der Waals surface area (Å²) in [5, 5.41) is 11.8. The molecule has 7 heteroatoms. The number of aliphatic hydroxyl groups excluding tert-OH is 1. The number of hydrogen-bond donors (Lipinski definition) is 2. The summed E-state index contributed by atoms with van der Waals surface area (Å²) in [6.07, 6.45) is 15.2. The van der Waals surface area contributed by atoms with E-state index in [1.54, 1.807) is 0 Å². The van der Waals surface area contributed by atoms with Crippen molar-refractivity contribution in [3.05, 3.63) is 35.9 Å². The van der Waals surface area contributed by atoms with Crippen LogP contribution in [0.3, 0.4) is 0 Å². The number of unbranched alkanes of at least 4 members (excludes halogenated alkanes) is 11. The van der Waals surface area contributed by atoms with Crippen LogP contribution in [0.25, 0.3) is 0 Å². The van der Waals surface area contributed by atoms with Crippen LogP contribution < -0.4 is 4.72 Å². The smallest absolute Gasteiger partial charge is 0.192 e. The van der Waals surface area contributed by atoms with Crippen LogP contribution in [-0.4, -0.2) is 47.2 Å². The summed E-state index contributed by atoms with van der Waals surface area (Å²) in [4.78, 5) is 0. The highest BCUT2D eigenvalue weighted by Crippen LogP contribution is 2.38. The molecule has 1 aromatic rings. The zero-order valence-electron chi connectivity index (χ0n) is 28.8. The monoisotopic (exact) mass is 625 g/mol. The molecule has 5 nitrogen and oxygen atoms in total. The van der Waals surface area contributed by atoms with Gasteiger partial charge in [0.1, 0.15) is 0 Å². The second-order valence-electron chi connectivity index (χ2n) is 14.7. The van der Waals surface area contributed by atoms with Crippen LogP contribution in [0.15, 0.2) is 30.3 Å². The molecule has 2 N–H and O–H groups in total. The van der Waals surface area contributed by atoms with Gasteiger partial charge in [0.15, 0.2) is 8.32 Å². The van der Waals surface area contributed by atoms with E-state index in [2.05, 4.69) is 45.5 Å². The van der Waals surface area contributed by atoms with Gasteiger partial charge in [0.25, 0.3) is 0 Å². The fourth-order valence-electron chi connectivity index (χ4n) is 4.69. The van der Waals surface area contributed by atoms with Crippen molar-refractivity contribution in [2.24, 2.45) is 0 Å². The zero-order valence-corrected chi connectivity index (χ0v) is 30.6. The Morgan fingerprint density at radius 1 is 0.833 bits per heavy atom. The number of aliphatic hydroxyl groups is 1. The molecule has 1 aromatic carbocycles. The molecule has 0 fully saturated rings. The number of nitrogens with one attached hydrogen (secondary N) is 1. The lowest BCUT2D eigenvalue weighted by molar-refractivity contribution is -0.0224. The van der Waals surface area contributed by atoms with E-state index < -0.39 is 36.2 Å². The second kappa shape index (κ2) is 20.5. The minimum atomic E-state index is -2.14. The maximum atomic E-state index is 13.2. The van der Waals surface area contributed by atoms with Gasteiger partial charge in [0, 0.05) is 0 Å². The third-order valence-corrected chi connectivity index (χ3v) is 14.7. The molecule has 0 saturated carbocycles. The van der Waals surface area contributed by atoms with E-state index in [1.807, 2.05) is 51.1 Å². The van der Waals surface area contributed by atoms with Crippen LogP contribution >= 0.6 is 0 Å². The molecular weight excluding hydrogens is 559 g/mol. The van der Waals surface area contributed by atoms with E-state index >= 15 is 0 Å². The van der Waals surface area contributed by atoms with E-state index in [1.165, 1.54) is 64.2 Å². The Hall–Kier alpha value is -0.573. The first-order valence-corrected chi connectivity index (χ1v) is 20.9. The molecule has 0 aliphatic carbocycles. The molecule has 0 radical (unpaired) electrons. The first kappa shape index (κ1) is 39.5. The molecule has 0 aliphatic rings. The Kier molecular flexibility index (Phi) is 19.2. The van der Waals surface area contributed by atoms with Gasteiger partial charge in [0.2, 0.25) is 0 Å². The van der Waals surface area contributed by atoms with Crippen molar-refractivity contribution >= 4 is 19.3 Å². The van der Waals surface area contributed by atoms with Gasteiger partial charge >= 0.3 is 0 Å². The summed E-state index contributed by atoms with van der Waals surface area (Å²) in [7, 11) is -3.49. The van der Waals surface area contributed by atoms with Crippen LogP contribution in [0.1, 0.15) is 138 Å². The van der Waals surface area contributed by atoms with E-state index in [0.717, 1.165) is 24.8 Å². The summed E-state index contributed by atoms with van der Waals surface area (Å²) in [6, 6.07) is 9.54. The first-order valence-electron chi connectivity index (χ1n) is 16.8. The predicted molar refractivity (Wildman–Crippen MR) is 185 cm³/mol. The molecule has 0 spiro atoms. The van der Waals surface area contributed by atoms with Gasteiger partial charge in [-0.25, -0.2) is 8.93 Å². The fourth-order valence-corrected chi connectivity index (χ4v) is 6.90. The molecule has 42 heavy (non-hydrogen) atoms. The molecule has 4 atom stereocenters. The minimum Gasteiger partial charge on any atom is -0.411 e. The van der Waals surface area contributed by atoms with E-state index in [4.69, 9.17) is 9.16 Å². The first-order chi connectivity index (χ1) is 19.7. The number of benzene rings is 1. The lowest BCUT2D eigenvalue weighted by Gasteiger charge is -2.42. The molecule has 0 aromatic heterocycles. The van der Waals surface area contributed by atoms with Gasteiger partial charge in [-0.05, 0) is 50.9 Å². The zero-order chi connectivity index (χ0) is 31.7. The predicted octanol–water partition coefficient (Wildman–Crippen LogP) is 9.47. The molecule has 0 aliphatic heterocycles. The summed E-state index contributed by atoms with van der Waals surface area (Å²) < 4.78 is 28.9. The van der Waals surface area contributed by atoms with Crippen molar-refractivity contribution in [2.45, 2.75) is 180 Å². The molecule has 0 amide bonds. The molecule has 1 unspecified atom stereocenters. The Bertz CT molecular complexity index is 838. The molecule has 246 valence electrons. The van der Waals surface area contributed by atoms with Crippen LogP contribution in [0.2, 0.25) is 18.1 Å². The number of ether oxygens (including phenoxy) is 1. The van der Waals surface area contributed by atoms with Gasteiger partial charge in [-0.2, -0.15) is 0 Å². The molecule has 0 heterocycles. The largest absolute Gasteiger partial charge is 0.411 e. The van der Waals surface area contributed by atoms with Gasteiger partial charge in [-0.3, -0.25) is 0 Å². The molecule has 0 saturated heterocycles. The topological polar surface area (TPSA) is 67.8 Å². The Labute approximate surface area is 264 Å². The van der Waals surface area contributed by atoms with Crippen LogP contribution in [0.5, 0.6) is 0 Å². The highest BCUT2D eigenvalue weighted by Gasteiger charge is 2.42. The van der Waals surface area contributed by atoms with E-state index in [9.17, 15) is 9.32 Å². The summed E-state index contributed by atoms with van der Waals surface area (Å²) in [5.74, 6) is 0. The van der Waals surface area contributed by atoms with Crippen molar-refractivity contribution in [2.75, 3.05) is 6.61 Å². The molecular formula is C35H67NO4SSi. The summed E-state index contributed by atoms with van der Waals surface area (Å²) in [5.41, 5.74) is 1.08. The average molecular weight is 626 g/mol. The number of rotatable bonds is 23.